The second kappa shape index (κ2) is 12.1. The molecule has 6 nitrogen and oxygen atoms in total. The van der Waals surface area contributed by atoms with Crippen LogP contribution in [0.4, 0.5) is 0 Å². The van der Waals surface area contributed by atoms with E-state index in [1.807, 2.05) is 0 Å². The van der Waals surface area contributed by atoms with Crippen molar-refractivity contribution in [1.29, 1.82) is 0 Å². The summed E-state index contributed by atoms with van der Waals surface area (Å²) in [6.07, 6.45) is 8.53. The topological polar surface area (TPSA) is 72.2 Å². The van der Waals surface area contributed by atoms with Gasteiger partial charge in [0.25, 0.3) is 0 Å². The summed E-state index contributed by atoms with van der Waals surface area (Å²) < 4.78 is 0. The van der Waals surface area contributed by atoms with Gasteiger partial charge in [-0.3, -0.25) is 4.79 Å². The van der Waals surface area contributed by atoms with E-state index in [1.165, 1.54) is 10.9 Å². The van der Waals surface area contributed by atoms with Gasteiger partial charge in [0, 0.05) is 23.5 Å². The molecule has 3 rings (SSSR count). The zero-order chi connectivity index (χ0) is 26.4. The number of aromatic amines is 1. The van der Waals surface area contributed by atoms with Gasteiger partial charge >= 0.3 is 0 Å². The first-order chi connectivity index (χ1) is 17.1. The molecule has 1 aliphatic rings. The van der Waals surface area contributed by atoms with E-state index in [2.05, 4.69) is 104 Å². The van der Waals surface area contributed by atoms with Crippen molar-refractivity contribution >= 4 is 22.5 Å². The van der Waals surface area contributed by atoms with E-state index >= 15 is 0 Å². The predicted octanol–water partition coefficient (Wildman–Crippen LogP) is 4.61. The average Bonchev–Trinajstić information content (AvgIpc) is 3.24. The standard InChI is InChI=1S/C30H43N5O/c1-9-24-12-11-13-27-26(24)16-28(34-27)22(7)32-29(14-19(3)4)30(36)33-25(10-2)18-35-21(6)15-20(5)17-31-23(35)8/h2,11-13,16,19-21,25,29,31-32,34H,7-9,14-15,17-18H2,1,3-6H3,(H,33,36)/t20?,21?,25-,29+/m1/s1. The molecule has 0 aliphatic carbocycles. The van der Waals surface area contributed by atoms with E-state index in [1.54, 1.807) is 0 Å². The number of nitrogens with zero attached hydrogens (tertiary/aromatic N) is 1. The molecule has 1 amide bonds. The van der Waals surface area contributed by atoms with E-state index in [9.17, 15) is 4.79 Å². The fraction of sp³-hybridized carbons (Fsp3) is 0.500. The van der Waals surface area contributed by atoms with Crippen LogP contribution in [0.3, 0.4) is 0 Å². The first-order valence-electron chi connectivity index (χ1n) is 13.1. The van der Waals surface area contributed by atoms with Crippen LogP contribution in [-0.2, 0) is 11.2 Å². The molecule has 2 aromatic rings. The lowest BCUT2D eigenvalue weighted by molar-refractivity contribution is -0.123. The molecular weight excluding hydrogens is 446 g/mol. The highest BCUT2D eigenvalue weighted by Gasteiger charge is 2.27. The normalized spacial score (nSPS) is 19.8. The Labute approximate surface area is 217 Å². The van der Waals surface area contributed by atoms with Crippen molar-refractivity contribution in [3.63, 3.8) is 0 Å². The lowest BCUT2D eigenvalue weighted by Gasteiger charge is -2.33. The second-order valence-electron chi connectivity index (χ2n) is 10.6. The van der Waals surface area contributed by atoms with Gasteiger partial charge in [0.05, 0.1) is 23.8 Å². The molecule has 1 aliphatic heterocycles. The number of terminal acetylenes is 1. The van der Waals surface area contributed by atoms with Gasteiger partial charge in [0.1, 0.15) is 12.1 Å². The van der Waals surface area contributed by atoms with Gasteiger partial charge in [-0.25, -0.2) is 0 Å². The predicted molar refractivity (Wildman–Crippen MR) is 151 cm³/mol. The number of benzene rings is 1. The number of H-pyrrole nitrogens is 1. The summed E-state index contributed by atoms with van der Waals surface area (Å²) in [4.78, 5) is 19.1. The zero-order valence-corrected chi connectivity index (χ0v) is 22.6. The van der Waals surface area contributed by atoms with Gasteiger partial charge < -0.3 is 25.8 Å². The summed E-state index contributed by atoms with van der Waals surface area (Å²) >= 11 is 0. The van der Waals surface area contributed by atoms with E-state index in [0.717, 1.165) is 36.4 Å². The summed E-state index contributed by atoms with van der Waals surface area (Å²) in [7, 11) is 0. The van der Waals surface area contributed by atoms with Crippen molar-refractivity contribution in [3.8, 4) is 12.3 Å². The SMILES string of the molecule is C#C[C@H](CN1C(=C)NCC(C)CC1C)NC(=O)[C@H](CC(C)C)NC(=C)c1cc2c(CC)cccc2[nH]1. The highest BCUT2D eigenvalue weighted by Crippen LogP contribution is 2.24. The lowest BCUT2D eigenvalue weighted by atomic mass is 10.0. The Hall–Kier alpha value is -3.33. The molecule has 2 heterocycles. The molecule has 6 heteroatoms. The van der Waals surface area contributed by atoms with Gasteiger partial charge in [0.2, 0.25) is 5.91 Å². The van der Waals surface area contributed by atoms with Crippen LogP contribution in [0, 0.1) is 24.2 Å². The van der Waals surface area contributed by atoms with E-state index < -0.39 is 12.1 Å². The molecule has 194 valence electrons. The number of nitrogens with one attached hydrogen (secondary N) is 4. The number of hydrogen-bond donors (Lipinski definition) is 4. The number of fused-ring (bicyclic) bond motifs is 1. The maximum atomic E-state index is 13.4. The van der Waals surface area contributed by atoms with Crippen molar-refractivity contribution < 1.29 is 4.79 Å². The Bertz CT molecular complexity index is 1120. The quantitative estimate of drug-likeness (QED) is 0.368. The minimum absolute atomic E-state index is 0.118. The third-order valence-corrected chi connectivity index (χ3v) is 7.01. The third-order valence-electron chi connectivity index (χ3n) is 7.01. The highest BCUT2D eigenvalue weighted by molar-refractivity contribution is 5.88. The zero-order valence-electron chi connectivity index (χ0n) is 22.6. The summed E-state index contributed by atoms with van der Waals surface area (Å²) in [5.74, 6) is 4.38. The Morgan fingerprint density at radius 1 is 1.31 bits per heavy atom. The largest absolute Gasteiger partial charge is 0.372 e. The van der Waals surface area contributed by atoms with Gasteiger partial charge in [-0.2, -0.15) is 0 Å². The van der Waals surface area contributed by atoms with Crippen LogP contribution in [-0.4, -0.2) is 47.0 Å². The number of aromatic nitrogens is 1. The minimum atomic E-state index is -0.451. The van der Waals surface area contributed by atoms with Crippen LogP contribution in [0.1, 0.15) is 58.7 Å². The second-order valence-corrected chi connectivity index (χ2v) is 10.6. The van der Waals surface area contributed by atoms with Crippen LogP contribution in [0.25, 0.3) is 16.6 Å². The molecule has 1 aromatic heterocycles. The van der Waals surface area contributed by atoms with Crippen molar-refractivity contribution in [1.82, 2.24) is 25.8 Å². The van der Waals surface area contributed by atoms with Gasteiger partial charge in [-0.05, 0) is 55.7 Å². The van der Waals surface area contributed by atoms with Crippen LogP contribution in [0.15, 0.2) is 43.2 Å². The molecule has 1 fully saturated rings. The minimum Gasteiger partial charge on any atom is -0.372 e. The molecule has 1 saturated heterocycles. The van der Waals surface area contributed by atoms with Gasteiger partial charge in [0.15, 0.2) is 0 Å². The van der Waals surface area contributed by atoms with Crippen LogP contribution in [0.2, 0.25) is 0 Å². The van der Waals surface area contributed by atoms with Crippen LogP contribution >= 0.6 is 0 Å². The summed E-state index contributed by atoms with van der Waals surface area (Å²) in [6.45, 7) is 20.6. The average molecular weight is 490 g/mol. The number of hydrogen-bond acceptors (Lipinski definition) is 4. The first-order valence-corrected chi connectivity index (χ1v) is 13.1. The Morgan fingerprint density at radius 2 is 2.06 bits per heavy atom. The molecule has 0 spiro atoms. The first kappa shape index (κ1) is 27.3. The van der Waals surface area contributed by atoms with E-state index in [4.69, 9.17) is 6.42 Å². The molecule has 0 bridgehead atoms. The number of aryl methyl sites for hydroxylation is 1. The van der Waals surface area contributed by atoms with Crippen molar-refractivity contribution in [2.24, 2.45) is 11.8 Å². The van der Waals surface area contributed by atoms with Crippen LogP contribution in [0.5, 0.6) is 0 Å². The van der Waals surface area contributed by atoms with Gasteiger partial charge in [-0.15, -0.1) is 6.42 Å². The Kier molecular flexibility index (Phi) is 9.14. The maximum absolute atomic E-state index is 13.4. The maximum Gasteiger partial charge on any atom is 0.243 e. The summed E-state index contributed by atoms with van der Waals surface area (Å²) in [6, 6.07) is 7.77. The third kappa shape index (κ3) is 6.66. The lowest BCUT2D eigenvalue weighted by Crippen LogP contribution is -2.51. The molecule has 0 saturated carbocycles. The Morgan fingerprint density at radius 3 is 2.72 bits per heavy atom. The number of rotatable bonds is 10. The summed E-state index contributed by atoms with van der Waals surface area (Å²) in [5.41, 5.74) is 3.93. The monoisotopic (exact) mass is 489 g/mol. The van der Waals surface area contributed by atoms with Crippen molar-refractivity contribution in [3.05, 3.63) is 54.5 Å². The Balaban J connectivity index is 1.72. The fourth-order valence-corrected chi connectivity index (χ4v) is 5.03. The fourth-order valence-electron chi connectivity index (χ4n) is 5.03. The molecule has 2 unspecified atom stereocenters. The summed E-state index contributed by atoms with van der Waals surface area (Å²) in [5, 5.41) is 11.1. The van der Waals surface area contributed by atoms with Crippen molar-refractivity contribution in [2.45, 2.75) is 72.0 Å². The smallest absolute Gasteiger partial charge is 0.243 e. The van der Waals surface area contributed by atoms with E-state index in [0.29, 0.717) is 30.5 Å². The molecule has 4 N–H and O–H groups in total. The molecule has 1 aromatic carbocycles. The van der Waals surface area contributed by atoms with Gasteiger partial charge in [-0.1, -0.05) is 58.9 Å². The van der Waals surface area contributed by atoms with E-state index in [-0.39, 0.29) is 11.9 Å². The molecule has 36 heavy (non-hydrogen) atoms. The molecule has 4 atom stereocenters. The molecular formula is C30H43N5O. The number of carbonyl (C=O) groups excluding carboxylic acids is 1. The molecule has 0 radical (unpaired) electrons. The van der Waals surface area contributed by atoms with Crippen LogP contribution < -0.4 is 16.0 Å². The highest BCUT2D eigenvalue weighted by atomic mass is 16.2. The number of amides is 1. The number of carbonyl (C=O) groups is 1. The van der Waals surface area contributed by atoms with Crippen molar-refractivity contribution in [2.75, 3.05) is 13.1 Å².